The van der Waals surface area contributed by atoms with E-state index in [4.69, 9.17) is 18.9 Å². The van der Waals surface area contributed by atoms with Crippen LogP contribution in [0.4, 0.5) is 0 Å². The van der Waals surface area contributed by atoms with Crippen LogP contribution >= 0.6 is 0 Å². The van der Waals surface area contributed by atoms with E-state index in [0.717, 1.165) is 16.9 Å². The van der Waals surface area contributed by atoms with Gasteiger partial charge in [-0.05, 0) is 93.2 Å². The Hall–Kier alpha value is -5.26. The molecule has 0 unspecified atom stereocenters. The van der Waals surface area contributed by atoms with E-state index in [1.165, 1.54) is 0 Å². The average Bonchev–Trinajstić information content (AvgIpc) is 3.66. The average molecular weight is 513 g/mol. The molecule has 0 bridgehead atoms. The Labute approximate surface area is 218 Å². The van der Waals surface area contributed by atoms with Crippen LogP contribution in [-0.2, 0) is 0 Å². The van der Waals surface area contributed by atoms with Crippen LogP contribution in [0, 0.1) is 0 Å². The predicted molar refractivity (Wildman–Crippen MR) is 138 cm³/mol. The third kappa shape index (κ3) is 4.74. The molecule has 5 aromatic rings. The Morgan fingerprint density at radius 3 is 1.55 bits per heavy atom. The number of aromatic nitrogens is 8. The van der Waals surface area contributed by atoms with E-state index < -0.39 is 0 Å². The van der Waals surface area contributed by atoms with E-state index >= 15 is 0 Å². The highest BCUT2D eigenvalue weighted by atomic mass is 16.5. The van der Waals surface area contributed by atoms with Crippen LogP contribution in [-0.4, -0.2) is 68.9 Å². The molecule has 2 heterocycles. The van der Waals surface area contributed by atoms with Gasteiger partial charge in [0.25, 0.3) is 0 Å². The number of tetrazole rings is 2. The first-order valence-corrected chi connectivity index (χ1v) is 11.4. The highest BCUT2D eigenvalue weighted by molar-refractivity contribution is 5.87. The minimum atomic E-state index is 0.425. The molecule has 0 saturated carbocycles. The Bertz CT molecular complexity index is 1470. The van der Waals surface area contributed by atoms with E-state index in [0.29, 0.717) is 40.2 Å². The number of rotatable bonds is 9. The Morgan fingerprint density at radius 1 is 0.605 bits per heavy atom. The molecular formula is C26H24N8O4. The highest BCUT2D eigenvalue weighted by Gasteiger charge is 2.22. The lowest BCUT2D eigenvalue weighted by Crippen LogP contribution is -2.09. The maximum Gasteiger partial charge on any atom is 0.190 e. The van der Waals surface area contributed by atoms with Crippen molar-refractivity contribution < 1.29 is 18.9 Å². The summed E-state index contributed by atoms with van der Waals surface area (Å²) in [5.41, 5.74) is 2.82. The van der Waals surface area contributed by atoms with Crippen molar-refractivity contribution in [1.29, 1.82) is 0 Å². The van der Waals surface area contributed by atoms with Gasteiger partial charge in [-0.1, -0.05) is 6.07 Å². The number of nitrogens with zero attached hydrogens (tertiary/aromatic N) is 8. The molecule has 12 heteroatoms. The van der Waals surface area contributed by atoms with Crippen molar-refractivity contribution in [2.45, 2.75) is 0 Å². The van der Waals surface area contributed by atoms with Crippen LogP contribution in [0.3, 0.4) is 0 Å². The molecule has 0 amide bonds. The molecule has 0 saturated heterocycles. The van der Waals surface area contributed by atoms with Gasteiger partial charge in [-0.3, -0.25) is 0 Å². The number of hydrogen-bond donors (Lipinski definition) is 0. The molecule has 0 N–H and O–H groups in total. The fraction of sp³-hybridized carbons (Fsp3) is 0.154. The molecule has 0 atom stereocenters. The summed E-state index contributed by atoms with van der Waals surface area (Å²) in [6.45, 7) is 0. The second kappa shape index (κ2) is 10.8. The van der Waals surface area contributed by atoms with E-state index in [2.05, 4.69) is 31.1 Å². The van der Waals surface area contributed by atoms with Gasteiger partial charge < -0.3 is 18.9 Å². The predicted octanol–water partition coefficient (Wildman–Crippen LogP) is 3.26. The summed E-state index contributed by atoms with van der Waals surface area (Å²) in [7, 11) is 6.40. The molecular weight excluding hydrogens is 488 g/mol. The first-order valence-electron chi connectivity index (χ1n) is 11.4. The molecule has 0 aliphatic heterocycles. The van der Waals surface area contributed by atoms with Crippen LogP contribution in [0.15, 0.2) is 66.7 Å². The minimum absolute atomic E-state index is 0.425. The SMILES string of the molecule is COc1ccc(-n2nnnc2C(=Cc2ccc(OC)c(OC)c2)c2nnnn2-c2ccc(OC)cc2)cc1. The summed E-state index contributed by atoms with van der Waals surface area (Å²) in [4.78, 5) is 0. The first-order chi connectivity index (χ1) is 18.6. The zero-order chi connectivity index (χ0) is 26.5. The molecule has 5 rings (SSSR count). The molecule has 12 nitrogen and oxygen atoms in total. The number of benzene rings is 3. The van der Waals surface area contributed by atoms with E-state index in [1.54, 1.807) is 37.8 Å². The van der Waals surface area contributed by atoms with Crippen molar-refractivity contribution in [3.8, 4) is 34.4 Å². The lowest BCUT2D eigenvalue weighted by Gasteiger charge is -2.11. The molecule has 3 aromatic carbocycles. The Morgan fingerprint density at radius 2 is 1.11 bits per heavy atom. The van der Waals surface area contributed by atoms with Gasteiger partial charge in [0.15, 0.2) is 23.1 Å². The van der Waals surface area contributed by atoms with Gasteiger partial charge in [0.1, 0.15) is 11.5 Å². The lowest BCUT2D eigenvalue weighted by atomic mass is 10.1. The van der Waals surface area contributed by atoms with Gasteiger partial charge in [0.2, 0.25) is 0 Å². The van der Waals surface area contributed by atoms with Crippen LogP contribution in [0.5, 0.6) is 23.0 Å². The smallest absolute Gasteiger partial charge is 0.190 e. The highest BCUT2D eigenvalue weighted by Crippen LogP contribution is 2.31. The molecule has 0 aliphatic rings. The maximum absolute atomic E-state index is 5.50. The quantitative estimate of drug-likeness (QED) is 0.291. The van der Waals surface area contributed by atoms with E-state index in [1.807, 2.05) is 72.8 Å². The summed E-state index contributed by atoms with van der Waals surface area (Å²) in [5.74, 6) is 3.47. The molecule has 0 fully saturated rings. The number of methoxy groups -OCH3 is 4. The number of ether oxygens (including phenoxy) is 4. The van der Waals surface area contributed by atoms with Gasteiger partial charge in [-0.2, -0.15) is 9.36 Å². The summed E-state index contributed by atoms with van der Waals surface area (Å²) in [6.07, 6.45) is 1.89. The minimum Gasteiger partial charge on any atom is -0.497 e. The van der Waals surface area contributed by atoms with Crippen molar-refractivity contribution in [2.75, 3.05) is 28.4 Å². The van der Waals surface area contributed by atoms with E-state index in [-0.39, 0.29) is 0 Å². The largest absolute Gasteiger partial charge is 0.497 e. The molecule has 0 aliphatic carbocycles. The molecule has 38 heavy (non-hydrogen) atoms. The van der Waals surface area contributed by atoms with E-state index in [9.17, 15) is 0 Å². The fourth-order valence-electron chi connectivity index (χ4n) is 3.84. The Kier molecular flexibility index (Phi) is 6.93. The van der Waals surface area contributed by atoms with Gasteiger partial charge in [0, 0.05) is 0 Å². The molecule has 192 valence electrons. The lowest BCUT2D eigenvalue weighted by molar-refractivity contribution is 0.355. The second-order valence-corrected chi connectivity index (χ2v) is 7.90. The third-order valence-electron chi connectivity index (χ3n) is 5.77. The maximum atomic E-state index is 5.50. The fourth-order valence-corrected chi connectivity index (χ4v) is 3.84. The first kappa shape index (κ1) is 24.4. The van der Waals surface area contributed by atoms with Crippen molar-refractivity contribution in [3.05, 3.63) is 83.9 Å². The van der Waals surface area contributed by atoms with Crippen LogP contribution in [0.1, 0.15) is 17.2 Å². The molecule has 0 spiro atoms. The standard InChI is InChI=1S/C26H24N8O4/c1-35-20-10-6-18(7-11-20)33-25(27-29-31-33)22(15-17-5-14-23(37-3)24(16-17)38-4)26-28-30-32-34(26)19-8-12-21(36-2)13-9-19/h5-16H,1-4H3. The zero-order valence-electron chi connectivity index (χ0n) is 21.1. The normalized spacial score (nSPS) is 10.6. The van der Waals surface area contributed by atoms with Crippen LogP contribution < -0.4 is 18.9 Å². The zero-order valence-corrected chi connectivity index (χ0v) is 21.1. The molecule has 0 radical (unpaired) electrons. The second-order valence-electron chi connectivity index (χ2n) is 7.90. The van der Waals surface area contributed by atoms with Crippen molar-refractivity contribution in [3.63, 3.8) is 0 Å². The van der Waals surface area contributed by atoms with Crippen molar-refractivity contribution in [2.24, 2.45) is 0 Å². The molecule has 2 aromatic heterocycles. The summed E-state index contributed by atoms with van der Waals surface area (Å²) < 4.78 is 24.7. The Balaban J connectivity index is 1.68. The van der Waals surface area contributed by atoms with Crippen molar-refractivity contribution in [1.82, 2.24) is 40.4 Å². The monoisotopic (exact) mass is 512 g/mol. The van der Waals surface area contributed by atoms with Crippen molar-refractivity contribution >= 4 is 11.6 Å². The van der Waals surface area contributed by atoms with Gasteiger partial charge in [0.05, 0.1) is 45.4 Å². The summed E-state index contributed by atoms with van der Waals surface area (Å²) in [6, 6.07) is 20.3. The van der Waals surface area contributed by atoms with Gasteiger partial charge >= 0.3 is 0 Å². The van der Waals surface area contributed by atoms with Gasteiger partial charge in [-0.15, -0.1) is 10.2 Å². The third-order valence-corrected chi connectivity index (χ3v) is 5.77. The van der Waals surface area contributed by atoms with Gasteiger partial charge in [-0.25, -0.2) is 0 Å². The van der Waals surface area contributed by atoms with Crippen LogP contribution in [0.2, 0.25) is 0 Å². The number of hydrogen-bond acceptors (Lipinski definition) is 10. The topological polar surface area (TPSA) is 124 Å². The summed E-state index contributed by atoms with van der Waals surface area (Å²) >= 11 is 0. The summed E-state index contributed by atoms with van der Waals surface area (Å²) in [5, 5.41) is 25.1. The van der Waals surface area contributed by atoms with Crippen LogP contribution in [0.25, 0.3) is 23.0 Å².